The minimum absolute atomic E-state index is 0.0433. The van der Waals surface area contributed by atoms with Crippen molar-refractivity contribution < 1.29 is 9.59 Å². The fraction of sp³-hybridized carbons (Fsp3) is 0.800. The van der Waals surface area contributed by atoms with Crippen LogP contribution < -0.4 is 11.3 Å². The van der Waals surface area contributed by atoms with E-state index in [9.17, 15) is 9.59 Å². The molecule has 0 radical (unpaired) electrons. The Morgan fingerprint density at radius 1 is 1.44 bits per heavy atom. The highest BCUT2D eigenvalue weighted by Gasteiger charge is 2.33. The second kappa shape index (κ2) is 5.27. The molecule has 2 amide bonds. The maximum atomic E-state index is 11.6. The molecule has 1 atom stereocenters. The van der Waals surface area contributed by atoms with E-state index in [0.29, 0.717) is 13.1 Å². The minimum Gasteiger partial charge on any atom is -0.343 e. The van der Waals surface area contributed by atoms with Gasteiger partial charge in [0.15, 0.2) is 0 Å². The van der Waals surface area contributed by atoms with Crippen LogP contribution in [0.5, 0.6) is 0 Å². The number of likely N-dealkylation sites (N-methyl/N-ethyl adjacent to an activating group) is 1. The molecular formula is C10H20N4O2. The Morgan fingerprint density at radius 3 is 2.50 bits per heavy atom. The van der Waals surface area contributed by atoms with Gasteiger partial charge in [-0.3, -0.25) is 19.9 Å². The lowest BCUT2D eigenvalue weighted by Gasteiger charge is -2.38. The van der Waals surface area contributed by atoms with Crippen molar-refractivity contribution in [1.29, 1.82) is 0 Å². The third-order valence-electron chi connectivity index (χ3n) is 2.92. The molecule has 0 saturated carbocycles. The standard InChI is InChI=1S/C10H20N4O2/c1-7(2)9(10(16)12-11)14-5-4-13(3)8(15)6-14/h7,9H,4-6,11H2,1-3H3,(H,12,16). The molecule has 1 rings (SSSR count). The van der Waals surface area contributed by atoms with Gasteiger partial charge in [0.05, 0.1) is 12.6 Å². The summed E-state index contributed by atoms with van der Waals surface area (Å²) < 4.78 is 0. The van der Waals surface area contributed by atoms with Gasteiger partial charge in [0.1, 0.15) is 0 Å². The van der Waals surface area contributed by atoms with Crippen LogP contribution in [0, 0.1) is 5.92 Å². The summed E-state index contributed by atoms with van der Waals surface area (Å²) >= 11 is 0. The number of piperazine rings is 1. The number of hydrogen-bond acceptors (Lipinski definition) is 4. The zero-order chi connectivity index (χ0) is 12.3. The summed E-state index contributed by atoms with van der Waals surface area (Å²) in [5.41, 5.74) is 2.16. The van der Waals surface area contributed by atoms with Crippen molar-refractivity contribution in [3.8, 4) is 0 Å². The second-order valence-electron chi connectivity index (χ2n) is 4.48. The molecule has 1 aliphatic rings. The van der Waals surface area contributed by atoms with Crippen LogP contribution in [0.3, 0.4) is 0 Å². The first kappa shape index (κ1) is 12.9. The first-order chi connectivity index (χ1) is 7.47. The molecular weight excluding hydrogens is 208 g/mol. The molecule has 1 heterocycles. The van der Waals surface area contributed by atoms with Gasteiger partial charge in [-0.1, -0.05) is 13.8 Å². The number of hydrazine groups is 1. The molecule has 3 N–H and O–H groups in total. The Labute approximate surface area is 95.7 Å². The summed E-state index contributed by atoms with van der Waals surface area (Å²) in [6.45, 7) is 5.54. The van der Waals surface area contributed by atoms with E-state index in [1.54, 1.807) is 11.9 Å². The van der Waals surface area contributed by atoms with E-state index in [-0.39, 0.29) is 30.3 Å². The number of carbonyl (C=O) groups excluding carboxylic acids is 2. The van der Waals surface area contributed by atoms with E-state index in [0.717, 1.165) is 0 Å². The number of hydrogen-bond donors (Lipinski definition) is 2. The van der Waals surface area contributed by atoms with Crippen molar-refractivity contribution >= 4 is 11.8 Å². The van der Waals surface area contributed by atoms with E-state index in [2.05, 4.69) is 5.43 Å². The van der Waals surface area contributed by atoms with E-state index >= 15 is 0 Å². The van der Waals surface area contributed by atoms with Gasteiger partial charge in [-0.25, -0.2) is 5.84 Å². The Bertz CT molecular complexity index is 280. The van der Waals surface area contributed by atoms with Gasteiger partial charge in [-0.05, 0) is 5.92 Å². The Morgan fingerprint density at radius 2 is 2.06 bits per heavy atom. The third kappa shape index (κ3) is 2.70. The van der Waals surface area contributed by atoms with Crippen LogP contribution in [-0.2, 0) is 9.59 Å². The van der Waals surface area contributed by atoms with Gasteiger partial charge in [0.2, 0.25) is 5.91 Å². The van der Waals surface area contributed by atoms with E-state index in [1.807, 2.05) is 18.7 Å². The topological polar surface area (TPSA) is 78.7 Å². The quantitative estimate of drug-likeness (QED) is 0.360. The Balaban J connectivity index is 2.73. The van der Waals surface area contributed by atoms with Gasteiger partial charge >= 0.3 is 0 Å². The number of nitrogens with two attached hydrogens (primary N) is 1. The molecule has 6 nitrogen and oxygen atoms in total. The van der Waals surface area contributed by atoms with Crippen LogP contribution >= 0.6 is 0 Å². The molecule has 0 aromatic rings. The third-order valence-corrected chi connectivity index (χ3v) is 2.92. The smallest absolute Gasteiger partial charge is 0.251 e. The van der Waals surface area contributed by atoms with Crippen molar-refractivity contribution in [2.45, 2.75) is 19.9 Å². The van der Waals surface area contributed by atoms with Crippen LogP contribution in [-0.4, -0.2) is 54.3 Å². The summed E-state index contributed by atoms with van der Waals surface area (Å²) in [4.78, 5) is 26.8. The Hall–Kier alpha value is -1.14. The fourth-order valence-corrected chi connectivity index (χ4v) is 1.99. The normalized spacial score (nSPS) is 20.1. The van der Waals surface area contributed by atoms with Gasteiger partial charge in [-0.2, -0.15) is 0 Å². The molecule has 1 unspecified atom stereocenters. The zero-order valence-corrected chi connectivity index (χ0v) is 10.1. The summed E-state index contributed by atoms with van der Waals surface area (Å²) in [5.74, 6) is 5.10. The van der Waals surface area contributed by atoms with Crippen LogP contribution in [0.4, 0.5) is 0 Å². The molecule has 1 fully saturated rings. The first-order valence-corrected chi connectivity index (χ1v) is 5.45. The number of nitrogens with one attached hydrogen (secondary N) is 1. The van der Waals surface area contributed by atoms with Gasteiger partial charge in [-0.15, -0.1) is 0 Å². The molecule has 0 aromatic carbocycles. The molecule has 1 aliphatic heterocycles. The van der Waals surface area contributed by atoms with Crippen LogP contribution in [0.15, 0.2) is 0 Å². The lowest BCUT2D eigenvalue weighted by Crippen LogP contribution is -2.58. The highest BCUT2D eigenvalue weighted by Crippen LogP contribution is 2.13. The predicted molar refractivity (Wildman–Crippen MR) is 60.2 cm³/mol. The van der Waals surface area contributed by atoms with Crippen molar-refractivity contribution in [2.24, 2.45) is 11.8 Å². The van der Waals surface area contributed by atoms with Crippen LogP contribution in [0.2, 0.25) is 0 Å². The highest BCUT2D eigenvalue weighted by molar-refractivity contribution is 5.84. The maximum Gasteiger partial charge on any atom is 0.251 e. The molecule has 0 aliphatic carbocycles. The van der Waals surface area contributed by atoms with Gasteiger partial charge in [0, 0.05) is 20.1 Å². The number of carbonyl (C=O) groups is 2. The van der Waals surface area contributed by atoms with E-state index < -0.39 is 0 Å². The van der Waals surface area contributed by atoms with Crippen LogP contribution in [0.25, 0.3) is 0 Å². The molecule has 1 saturated heterocycles. The molecule has 16 heavy (non-hydrogen) atoms. The zero-order valence-electron chi connectivity index (χ0n) is 10.1. The summed E-state index contributed by atoms with van der Waals surface area (Å²) in [6.07, 6.45) is 0. The van der Waals surface area contributed by atoms with Crippen molar-refractivity contribution in [1.82, 2.24) is 15.2 Å². The van der Waals surface area contributed by atoms with Crippen molar-refractivity contribution in [2.75, 3.05) is 26.7 Å². The molecule has 0 aromatic heterocycles. The fourth-order valence-electron chi connectivity index (χ4n) is 1.99. The highest BCUT2D eigenvalue weighted by atomic mass is 16.2. The van der Waals surface area contributed by atoms with Gasteiger partial charge < -0.3 is 4.90 Å². The maximum absolute atomic E-state index is 11.6. The Kier molecular flexibility index (Phi) is 4.26. The molecule has 92 valence electrons. The number of amides is 2. The monoisotopic (exact) mass is 228 g/mol. The summed E-state index contributed by atoms with van der Waals surface area (Å²) in [6, 6.07) is -0.331. The summed E-state index contributed by atoms with van der Waals surface area (Å²) in [7, 11) is 1.77. The SMILES string of the molecule is CC(C)C(C(=O)NN)N1CCN(C)C(=O)C1. The number of rotatable bonds is 3. The summed E-state index contributed by atoms with van der Waals surface area (Å²) in [5, 5.41) is 0. The number of nitrogens with zero attached hydrogens (tertiary/aromatic N) is 2. The van der Waals surface area contributed by atoms with E-state index in [4.69, 9.17) is 5.84 Å². The predicted octanol–water partition coefficient (Wildman–Crippen LogP) is -1.23. The first-order valence-electron chi connectivity index (χ1n) is 5.45. The van der Waals surface area contributed by atoms with Crippen molar-refractivity contribution in [3.63, 3.8) is 0 Å². The van der Waals surface area contributed by atoms with Crippen LogP contribution in [0.1, 0.15) is 13.8 Å². The molecule has 6 heteroatoms. The lowest BCUT2D eigenvalue weighted by atomic mass is 10.0. The van der Waals surface area contributed by atoms with Gasteiger partial charge in [0.25, 0.3) is 5.91 Å². The van der Waals surface area contributed by atoms with E-state index in [1.165, 1.54) is 0 Å². The molecule has 0 bridgehead atoms. The largest absolute Gasteiger partial charge is 0.343 e. The molecule has 0 spiro atoms. The second-order valence-corrected chi connectivity index (χ2v) is 4.48. The minimum atomic E-state index is -0.331. The average Bonchev–Trinajstić information content (AvgIpc) is 2.22. The lowest BCUT2D eigenvalue weighted by molar-refractivity contribution is -0.139. The average molecular weight is 228 g/mol. The van der Waals surface area contributed by atoms with Crippen molar-refractivity contribution in [3.05, 3.63) is 0 Å².